The van der Waals surface area contributed by atoms with E-state index in [1.165, 1.54) is 0 Å². The van der Waals surface area contributed by atoms with Gasteiger partial charge in [-0.05, 0) is 0 Å². The molecule has 0 aliphatic carbocycles. The van der Waals surface area contributed by atoms with Crippen molar-refractivity contribution in [3.05, 3.63) is 0 Å². The average Bonchev–Trinajstić information content (AvgIpc) is 2.49. The molecule has 0 unspecified atom stereocenters. The summed E-state index contributed by atoms with van der Waals surface area (Å²) >= 11 is -0.123. The van der Waals surface area contributed by atoms with Gasteiger partial charge in [-0.25, -0.2) is 0 Å². The number of thioether (sulfide) groups is 2. The minimum atomic E-state index is -3.66. The van der Waals surface area contributed by atoms with Gasteiger partial charge in [0.05, 0.1) is 0 Å². The summed E-state index contributed by atoms with van der Waals surface area (Å²) in [5.41, 5.74) is 0. The molecule has 0 aromatic rings. The first-order valence-electron chi connectivity index (χ1n) is 9.04. The van der Waals surface area contributed by atoms with Gasteiger partial charge in [0, 0.05) is 0 Å². The van der Waals surface area contributed by atoms with E-state index in [1.54, 1.807) is 23.5 Å². The Bertz CT molecular complexity index is 379. The second-order valence-corrected chi connectivity index (χ2v) is 19.6. The number of rotatable bonds is 6. The Morgan fingerprint density at radius 1 is 0.917 bits per heavy atom. The van der Waals surface area contributed by atoms with Gasteiger partial charge in [0.25, 0.3) is 0 Å². The maximum absolute atomic E-state index is 12.4. The third-order valence-electron chi connectivity index (χ3n) is 3.93. The van der Waals surface area contributed by atoms with Gasteiger partial charge in [-0.3, -0.25) is 0 Å². The van der Waals surface area contributed by atoms with E-state index in [1.807, 2.05) is 0 Å². The topological polar surface area (TPSA) is 52.6 Å². The van der Waals surface area contributed by atoms with E-state index < -0.39 is 19.2 Å². The Labute approximate surface area is 160 Å². The van der Waals surface area contributed by atoms with Gasteiger partial charge in [0.15, 0.2) is 0 Å². The quantitative estimate of drug-likeness (QED) is 0.490. The van der Waals surface area contributed by atoms with Gasteiger partial charge in [-0.1, -0.05) is 0 Å². The predicted octanol–water partition coefficient (Wildman–Crippen LogP) is 5.11. The summed E-state index contributed by atoms with van der Waals surface area (Å²) in [4.78, 5) is 24.8. The molecule has 1 saturated heterocycles. The minimum absolute atomic E-state index is 0.00451. The van der Waals surface area contributed by atoms with Gasteiger partial charge in [-0.2, -0.15) is 0 Å². The van der Waals surface area contributed by atoms with E-state index in [0.29, 0.717) is 12.8 Å². The third-order valence-corrected chi connectivity index (χ3v) is 16.6. The van der Waals surface area contributed by atoms with Gasteiger partial charge in [0.2, 0.25) is 0 Å². The van der Waals surface area contributed by atoms with Crippen LogP contribution >= 0.6 is 23.5 Å². The number of hydrogen-bond acceptors (Lipinski definition) is 6. The summed E-state index contributed by atoms with van der Waals surface area (Å²) in [6.45, 7) is 8.51. The molecule has 4 nitrogen and oxygen atoms in total. The Morgan fingerprint density at radius 3 is 1.71 bits per heavy atom. The zero-order chi connectivity index (χ0) is 18.1. The summed E-state index contributed by atoms with van der Waals surface area (Å²) in [6, 6.07) is 0. The Morgan fingerprint density at radius 2 is 1.33 bits per heavy atom. The van der Waals surface area contributed by atoms with Gasteiger partial charge < -0.3 is 0 Å². The third kappa shape index (κ3) is 8.70. The molecule has 1 heterocycles. The van der Waals surface area contributed by atoms with Crippen LogP contribution in [0.15, 0.2) is 0 Å². The zero-order valence-electron chi connectivity index (χ0n) is 15.5. The van der Waals surface area contributed by atoms with Crippen molar-refractivity contribution in [1.29, 1.82) is 0 Å². The molecule has 0 spiro atoms. The monoisotopic (exact) mass is 484 g/mol. The summed E-state index contributed by atoms with van der Waals surface area (Å²) in [5, 5.41) is 0. The number of unbranched alkanes of at least 4 members (excludes halogenated alkanes) is 2. The molecule has 1 fully saturated rings. The molecule has 1 aliphatic rings. The Hall–Kier alpha value is 0.439. The fraction of sp³-hybridized carbons (Fsp3) is 0.882. The van der Waals surface area contributed by atoms with Crippen molar-refractivity contribution in [2.24, 2.45) is 0 Å². The molecule has 0 saturated carbocycles. The summed E-state index contributed by atoms with van der Waals surface area (Å²) in [5.74, 6) is 1.19. The van der Waals surface area contributed by atoms with Crippen molar-refractivity contribution in [2.75, 3.05) is 11.5 Å². The molecule has 0 radical (unpaired) electrons. The number of hydrogen-bond donors (Lipinski definition) is 0. The van der Waals surface area contributed by atoms with Gasteiger partial charge in [-0.15, -0.1) is 0 Å². The molecule has 1 rings (SSSR count). The first-order chi connectivity index (χ1) is 11.3. The number of carbonyl (C=O) groups is 2. The fourth-order valence-electron chi connectivity index (χ4n) is 2.56. The van der Waals surface area contributed by atoms with Crippen molar-refractivity contribution in [3.8, 4) is 0 Å². The molecule has 0 N–H and O–H groups in total. The Kier molecular flexibility index (Phi) is 10.5. The van der Waals surface area contributed by atoms with Crippen LogP contribution in [0.25, 0.3) is 0 Å². The van der Waals surface area contributed by atoms with Crippen LogP contribution in [0.4, 0.5) is 0 Å². The number of carbonyl (C=O) groups excluding carboxylic acids is 2. The van der Waals surface area contributed by atoms with E-state index in [0.717, 1.165) is 46.1 Å². The summed E-state index contributed by atoms with van der Waals surface area (Å²) in [7, 11) is 0. The molecular weight excluding hydrogens is 451 g/mol. The molecule has 0 aromatic carbocycles. The average molecular weight is 483 g/mol. The molecule has 24 heavy (non-hydrogen) atoms. The van der Waals surface area contributed by atoms with Crippen molar-refractivity contribution < 1.29 is 15.7 Å². The van der Waals surface area contributed by atoms with Crippen LogP contribution in [0.5, 0.6) is 0 Å². The Balaban J connectivity index is 2.90. The molecule has 0 aromatic heterocycles. The van der Waals surface area contributed by atoms with Crippen LogP contribution in [-0.2, 0) is 15.7 Å². The van der Waals surface area contributed by atoms with E-state index in [4.69, 9.17) is 6.15 Å². The first kappa shape index (κ1) is 22.5. The normalized spacial score (nSPS) is 22.0. The fourth-order valence-corrected chi connectivity index (χ4v) is 15.0. The van der Waals surface area contributed by atoms with Crippen molar-refractivity contribution >= 4 is 54.7 Å². The first-order valence-corrected chi connectivity index (χ1v) is 17.4. The van der Waals surface area contributed by atoms with Crippen LogP contribution in [0.3, 0.4) is 0 Å². The molecule has 0 atom stereocenters. The molecule has 0 amide bonds. The summed E-state index contributed by atoms with van der Waals surface area (Å²) < 4.78 is 13.5. The standard InChI is InChI=1S/C9H16O4S2.2C4H9.Sn/c1-9(2,14-5-3-7(10)11)15-6-4-8(12)13;2*1-3-4-2;/h3-6H2,1-2H3,(H,10,11)(H,12,13);2*1,3-4H2,2H3;/q;;;+2/p-2. The predicted molar refractivity (Wildman–Crippen MR) is 106 cm³/mol. The second-order valence-electron chi connectivity index (χ2n) is 6.66. The SMILES string of the molecule is CCC[CH2][Sn]1([CH2]CCC)[O]C(=O)CCSC(C)(C)SCCC(=O)[O]1. The van der Waals surface area contributed by atoms with Crippen molar-refractivity contribution in [1.82, 2.24) is 0 Å². The zero-order valence-corrected chi connectivity index (χ0v) is 20.0. The maximum atomic E-state index is 12.4. The molecule has 0 bridgehead atoms. The van der Waals surface area contributed by atoms with Crippen LogP contribution in [0, 0.1) is 0 Å². The second kappa shape index (κ2) is 11.2. The van der Waals surface area contributed by atoms with E-state index in [9.17, 15) is 9.59 Å². The molecule has 7 heteroatoms. The molecule has 140 valence electrons. The van der Waals surface area contributed by atoms with Crippen LogP contribution in [-0.4, -0.2) is 46.7 Å². The van der Waals surface area contributed by atoms with Crippen LogP contribution in [0.2, 0.25) is 8.87 Å². The van der Waals surface area contributed by atoms with Gasteiger partial charge >= 0.3 is 161 Å². The van der Waals surface area contributed by atoms with Crippen molar-refractivity contribution in [3.63, 3.8) is 0 Å². The molecular formula is C17H32O4S2Sn. The van der Waals surface area contributed by atoms with Gasteiger partial charge in [0.1, 0.15) is 0 Å². The van der Waals surface area contributed by atoms with E-state index in [2.05, 4.69) is 27.7 Å². The van der Waals surface area contributed by atoms with Crippen LogP contribution < -0.4 is 0 Å². The van der Waals surface area contributed by atoms with E-state index >= 15 is 0 Å². The van der Waals surface area contributed by atoms with Crippen molar-refractivity contribution in [2.45, 2.75) is 79.2 Å². The van der Waals surface area contributed by atoms with E-state index in [-0.39, 0.29) is 16.0 Å². The molecule has 1 aliphatic heterocycles. The summed E-state index contributed by atoms with van der Waals surface area (Å²) in [6.07, 6.45) is 4.81. The van der Waals surface area contributed by atoms with Crippen LogP contribution in [0.1, 0.15) is 66.2 Å².